The molecule has 2 amide bonds. The van der Waals surface area contributed by atoms with Crippen LogP contribution in [-0.4, -0.2) is 68.2 Å². The van der Waals surface area contributed by atoms with Crippen LogP contribution in [0, 0.1) is 0 Å². The summed E-state index contributed by atoms with van der Waals surface area (Å²) in [6, 6.07) is 5.88. The lowest BCUT2D eigenvalue weighted by Gasteiger charge is -2.35. The number of amides is 2. The lowest BCUT2D eigenvalue weighted by molar-refractivity contribution is -0.153. The maximum atomic E-state index is 13.0. The second-order valence-corrected chi connectivity index (χ2v) is 7.63. The van der Waals surface area contributed by atoms with Crippen LogP contribution >= 0.6 is 0 Å². The first-order valence-corrected chi connectivity index (χ1v) is 10.6. The maximum Gasteiger partial charge on any atom is 0.308 e. The molecule has 2 aliphatic rings. The second kappa shape index (κ2) is 11.0. The average molecular weight is 418 g/mol. The number of methoxy groups -OCH3 is 1. The molecule has 1 saturated carbocycles. The summed E-state index contributed by atoms with van der Waals surface area (Å²) in [5.74, 6) is -0.408. The van der Waals surface area contributed by atoms with Crippen LogP contribution in [0.4, 0.5) is 0 Å². The van der Waals surface area contributed by atoms with Crippen molar-refractivity contribution in [2.45, 2.75) is 50.7 Å². The van der Waals surface area contributed by atoms with Crippen LogP contribution in [0.15, 0.2) is 24.3 Å². The van der Waals surface area contributed by atoms with Crippen LogP contribution in [0.25, 0.3) is 0 Å². The second-order valence-electron chi connectivity index (χ2n) is 7.63. The Hall–Kier alpha value is -2.61. The Morgan fingerprint density at radius 3 is 2.53 bits per heavy atom. The highest BCUT2D eigenvalue weighted by atomic mass is 16.5. The molecule has 1 saturated heterocycles. The number of rotatable bonds is 8. The van der Waals surface area contributed by atoms with Gasteiger partial charge in [0.25, 0.3) is 5.91 Å². The van der Waals surface area contributed by atoms with Gasteiger partial charge in [-0.3, -0.25) is 14.4 Å². The van der Waals surface area contributed by atoms with Gasteiger partial charge in [0.15, 0.2) is 0 Å². The average Bonchev–Trinajstić information content (AvgIpc) is 2.76. The first kappa shape index (κ1) is 22.1. The highest BCUT2D eigenvalue weighted by Gasteiger charge is 2.36. The molecular weight excluding hydrogens is 388 g/mol. The molecule has 8 nitrogen and oxygen atoms in total. The molecule has 1 aliphatic heterocycles. The van der Waals surface area contributed by atoms with Gasteiger partial charge in [0.05, 0.1) is 13.0 Å². The summed E-state index contributed by atoms with van der Waals surface area (Å²) in [7, 11) is 1.60. The molecule has 2 fully saturated rings. The predicted molar refractivity (Wildman–Crippen MR) is 109 cm³/mol. The van der Waals surface area contributed by atoms with Crippen molar-refractivity contribution in [3.05, 3.63) is 29.8 Å². The summed E-state index contributed by atoms with van der Waals surface area (Å²) in [4.78, 5) is 39.3. The lowest BCUT2D eigenvalue weighted by atomic mass is 9.98. The number of piperazine rings is 1. The van der Waals surface area contributed by atoms with Crippen LogP contribution in [0.3, 0.4) is 0 Å². The van der Waals surface area contributed by atoms with Crippen LogP contribution in [0.2, 0.25) is 0 Å². The van der Waals surface area contributed by atoms with E-state index in [1.807, 2.05) is 0 Å². The van der Waals surface area contributed by atoms with E-state index in [-0.39, 0.29) is 24.3 Å². The normalized spacial score (nSPS) is 19.8. The fourth-order valence-corrected chi connectivity index (χ4v) is 3.84. The minimum atomic E-state index is -0.861. The van der Waals surface area contributed by atoms with Gasteiger partial charge in [0.1, 0.15) is 24.5 Å². The number of carbonyl (C=O) groups excluding carboxylic acids is 3. The van der Waals surface area contributed by atoms with Crippen molar-refractivity contribution in [3.63, 3.8) is 0 Å². The number of benzene rings is 1. The topological polar surface area (TPSA) is 94.2 Å². The Kier molecular flexibility index (Phi) is 8.07. The van der Waals surface area contributed by atoms with E-state index in [1.54, 1.807) is 31.4 Å². The van der Waals surface area contributed by atoms with E-state index < -0.39 is 12.0 Å². The number of nitrogens with zero attached hydrogens (tertiary/aromatic N) is 1. The van der Waals surface area contributed by atoms with Crippen molar-refractivity contribution in [1.82, 2.24) is 10.2 Å². The van der Waals surface area contributed by atoms with Crippen LogP contribution in [0.1, 0.15) is 48.9 Å². The van der Waals surface area contributed by atoms with Gasteiger partial charge >= 0.3 is 5.97 Å². The molecule has 0 spiro atoms. The van der Waals surface area contributed by atoms with E-state index in [2.05, 4.69) is 5.32 Å². The Balaban J connectivity index is 1.62. The SMILES string of the molecule is COCCOc1ccc(C(=O)N2CCNC(=O)C2CC(=O)OC2CCCCC2)cc1. The van der Waals surface area contributed by atoms with E-state index in [9.17, 15) is 14.4 Å². The molecule has 1 aliphatic carbocycles. The quantitative estimate of drug-likeness (QED) is 0.512. The Morgan fingerprint density at radius 1 is 1.10 bits per heavy atom. The molecule has 1 aromatic rings. The Labute approximate surface area is 176 Å². The standard InChI is InChI=1S/C22H30N2O6/c1-28-13-14-29-17-9-7-16(8-10-17)22(27)24-12-11-23-21(26)19(24)15-20(25)30-18-5-3-2-4-6-18/h7-10,18-19H,2-6,11-15H2,1H3,(H,23,26). The zero-order valence-electron chi connectivity index (χ0n) is 17.4. The number of ether oxygens (including phenoxy) is 3. The summed E-state index contributed by atoms with van der Waals surface area (Å²) in [5, 5.41) is 2.74. The number of carbonyl (C=O) groups is 3. The third kappa shape index (κ3) is 5.95. The van der Waals surface area contributed by atoms with Gasteiger partial charge in [-0.05, 0) is 49.9 Å². The van der Waals surface area contributed by atoms with Gasteiger partial charge in [-0.25, -0.2) is 0 Å². The van der Waals surface area contributed by atoms with E-state index in [0.717, 1.165) is 32.1 Å². The zero-order chi connectivity index (χ0) is 21.3. The third-order valence-corrected chi connectivity index (χ3v) is 5.46. The lowest BCUT2D eigenvalue weighted by Crippen LogP contribution is -2.58. The van der Waals surface area contributed by atoms with Gasteiger partial charge in [-0.15, -0.1) is 0 Å². The summed E-state index contributed by atoms with van der Waals surface area (Å²) < 4.78 is 16.0. The summed E-state index contributed by atoms with van der Waals surface area (Å²) in [5.41, 5.74) is 0.439. The van der Waals surface area contributed by atoms with Crippen molar-refractivity contribution < 1.29 is 28.6 Å². The zero-order valence-corrected chi connectivity index (χ0v) is 17.4. The van der Waals surface area contributed by atoms with Gasteiger partial charge in [0, 0.05) is 25.8 Å². The summed E-state index contributed by atoms with van der Waals surface area (Å²) >= 11 is 0. The molecule has 1 heterocycles. The highest BCUT2D eigenvalue weighted by molar-refractivity contribution is 5.99. The fourth-order valence-electron chi connectivity index (χ4n) is 3.84. The van der Waals surface area contributed by atoms with Crippen molar-refractivity contribution in [3.8, 4) is 5.75 Å². The maximum absolute atomic E-state index is 13.0. The van der Waals surface area contributed by atoms with E-state index >= 15 is 0 Å². The van der Waals surface area contributed by atoms with Crippen LogP contribution in [0.5, 0.6) is 5.75 Å². The molecule has 3 rings (SSSR count). The molecule has 0 aromatic heterocycles. The molecule has 1 unspecified atom stereocenters. The van der Waals surface area contributed by atoms with Crippen LogP contribution < -0.4 is 10.1 Å². The van der Waals surface area contributed by atoms with E-state index in [1.165, 1.54) is 4.90 Å². The van der Waals surface area contributed by atoms with Gasteiger partial charge in [-0.2, -0.15) is 0 Å². The van der Waals surface area contributed by atoms with Crippen molar-refractivity contribution in [2.24, 2.45) is 0 Å². The molecule has 8 heteroatoms. The monoisotopic (exact) mass is 418 g/mol. The first-order valence-electron chi connectivity index (χ1n) is 10.6. The molecule has 1 atom stereocenters. The van der Waals surface area contributed by atoms with Crippen molar-refractivity contribution >= 4 is 17.8 Å². The number of esters is 1. The number of hydrogen-bond donors (Lipinski definition) is 1. The largest absolute Gasteiger partial charge is 0.491 e. The van der Waals surface area contributed by atoms with Gasteiger partial charge in [-0.1, -0.05) is 6.42 Å². The highest BCUT2D eigenvalue weighted by Crippen LogP contribution is 2.22. The van der Waals surface area contributed by atoms with E-state index in [4.69, 9.17) is 14.2 Å². The Bertz CT molecular complexity index is 730. The fraction of sp³-hybridized carbons (Fsp3) is 0.591. The van der Waals surface area contributed by atoms with Gasteiger partial charge < -0.3 is 24.4 Å². The molecule has 164 valence electrons. The first-order chi connectivity index (χ1) is 14.6. The molecule has 1 N–H and O–H groups in total. The van der Waals surface area contributed by atoms with Gasteiger partial charge in [0.2, 0.25) is 5.91 Å². The summed E-state index contributed by atoms with van der Waals surface area (Å²) in [6.07, 6.45) is 4.79. The molecule has 30 heavy (non-hydrogen) atoms. The smallest absolute Gasteiger partial charge is 0.308 e. The molecular formula is C22H30N2O6. The van der Waals surface area contributed by atoms with E-state index in [0.29, 0.717) is 37.6 Å². The minimum Gasteiger partial charge on any atom is -0.491 e. The van der Waals surface area contributed by atoms with Crippen molar-refractivity contribution in [2.75, 3.05) is 33.4 Å². The van der Waals surface area contributed by atoms with Crippen molar-refractivity contribution in [1.29, 1.82) is 0 Å². The van der Waals surface area contributed by atoms with Crippen LogP contribution in [-0.2, 0) is 19.1 Å². The minimum absolute atomic E-state index is 0.0762. The number of hydrogen-bond acceptors (Lipinski definition) is 6. The molecule has 1 aromatic carbocycles. The summed E-state index contributed by atoms with van der Waals surface area (Å²) in [6.45, 7) is 1.60. The molecule has 0 bridgehead atoms. The number of nitrogens with one attached hydrogen (secondary N) is 1. The Morgan fingerprint density at radius 2 is 1.83 bits per heavy atom. The third-order valence-electron chi connectivity index (χ3n) is 5.46. The molecule has 0 radical (unpaired) electrons. The predicted octanol–water partition coefficient (Wildman–Crippen LogP) is 1.92.